The molecule has 1 unspecified atom stereocenters. The molecule has 0 aromatic heterocycles. The van der Waals surface area contributed by atoms with Crippen LogP contribution in [-0.4, -0.2) is 22.9 Å². The van der Waals surface area contributed by atoms with E-state index in [4.69, 9.17) is 21.9 Å². The molecule has 0 bridgehead atoms. The Kier molecular flexibility index (Phi) is 9.57. The van der Waals surface area contributed by atoms with E-state index in [-0.39, 0.29) is 5.75 Å². The van der Waals surface area contributed by atoms with Gasteiger partial charge in [0.1, 0.15) is 6.04 Å². The maximum Gasteiger partial charge on any atom is 0.321 e. The summed E-state index contributed by atoms with van der Waals surface area (Å²) < 4.78 is 0. The highest BCUT2D eigenvalue weighted by Gasteiger charge is 2.06. The van der Waals surface area contributed by atoms with Crippen LogP contribution in [0.15, 0.2) is 0 Å². The number of nitrogens with zero attached hydrogens (tertiary/aromatic N) is 3. The van der Waals surface area contributed by atoms with Gasteiger partial charge in [-0.25, -0.2) is 0 Å². The summed E-state index contributed by atoms with van der Waals surface area (Å²) in [4.78, 5) is 11.3. The average Bonchev–Trinajstić information content (AvgIpc) is 1.88. The second kappa shape index (κ2) is 8.09. The molecule has 0 aromatic rings. The highest BCUT2D eigenvalue weighted by molar-refractivity contribution is 7.80. The van der Waals surface area contributed by atoms with Crippen LogP contribution >= 0.6 is 12.6 Å². The van der Waals surface area contributed by atoms with Crippen molar-refractivity contribution in [1.29, 1.82) is 0 Å². The van der Waals surface area contributed by atoms with Crippen LogP contribution in [0.25, 0.3) is 16.0 Å². The Balaban J connectivity index is 0. The van der Waals surface area contributed by atoms with Crippen molar-refractivity contribution in [2.75, 3.05) is 5.75 Å². The van der Waals surface area contributed by atoms with E-state index in [0.717, 1.165) is 0 Å². The van der Waals surface area contributed by atoms with Crippen molar-refractivity contribution < 1.29 is 9.90 Å². The lowest BCUT2D eigenvalue weighted by Gasteiger charge is -1.96. The summed E-state index contributed by atoms with van der Waals surface area (Å²) >= 11 is 3.65. The van der Waals surface area contributed by atoms with Gasteiger partial charge in [-0.3, -0.25) is 9.71 Å². The highest BCUT2D eigenvalue weighted by Crippen LogP contribution is 1.80. The zero-order valence-corrected chi connectivity index (χ0v) is 5.90. The SMILES string of the molecule is NC(CS)C(=O)O.[N-]=[N+]=[N-]. The zero-order chi connectivity index (χ0) is 8.57. The summed E-state index contributed by atoms with van der Waals surface area (Å²) in [6.45, 7) is 0. The van der Waals surface area contributed by atoms with Crippen LogP contribution in [0, 0.1) is 0 Å². The van der Waals surface area contributed by atoms with Crippen LogP contribution < -0.4 is 5.73 Å². The zero-order valence-electron chi connectivity index (χ0n) is 5.01. The van der Waals surface area contributed by atoms with Gasteiger partial charge in [-0.05, 0) is 0 Å². The first-order valence-corrected chi connectivity index (χ1v) is 2.81. The molecule has 0 amide bonds. The van der Waals surface area contributed by atoms with Crippen molar-refractivity contribution in [2.45, 2.75) is 6.04 Å². The van der Waals surface area contributed by atoms with Crippen molar-refractivity contribution >= 4 is 18.6 Å². The van der Waals surface area contributed by atoms with E-state index in [2.05, 4.69) is 12.6 Å². The number of carbonyl (C=O) groups is 1. The van der Waals surface area contributed by atoms with E-state index in [9.17, 15) is 4.79 Å². The van der Waals surface area contributed by atoms with Crippen LogP contribution in [0.5, 0.6) is 0 Å². The number of carboxylic acids is 1. The lowest BCUT2D eigenvalue weighted by Crippen LogP contribution is -2.31. The van der Waals surface area contributed by atoms with Gasteiger partial charge < -0.3 is 21.9 Å². The smallest absolute Gasteiger partial charge is 0.321 e. The summed E-state index contributed by atoms with van der Waals surface area (Å²) in [6.07, 6.45) is 0. The first kappa shape index (κ1) is 11.8. The molecule has 0 saturated heterocycles. The summed E-state index contributed by atoms with van der Waals surface area (Å²) in [6, 6.07) is -0.816. The van der Waals surface area contributed by atoms with Gasteiger partial charge >= 0.3 is 5.97 Å². The van der Waals surface area contributed by atoms with Crippen LogP contribution in [0.3, 0.4) is 0 Å². The molecular weight excluding hydrogens is 156 g/mol. The van der Waals surface area contributed by atoms with Gasteiger partial charge in [0.05, 0.1) is 0 Å². The van der Waals surface area contributed by atoms with Gasteiger partial charge in [0.15, 0.2) is 0 Å². The maximum atomic E-state index is 9.76. The molecule has 1 atom stereocenters. The van der Waals surface area contributed by atoms with Crippen LogP contribution in [0.2, 0.25) is 0 Å². The molecule has 10 heavy (non-hydrogen) atoms. The van der Waals surface area contributed by atoms with Crippen LogP contribution in [0.4, 0.5) is 0 Å². The Morgan fingerprint density at radius 2 is 2.10 bits per heavy atom. The quantitative estimate of drug-likeness (QED) is 0.233. The van der Waals surface area contributed by atoms with Crippen molar-refractivity contribution in [3.8, 4) is 0 Å². The fourth-order valence-corrected chi connectivity index (χ4v) is 0.234. The molecule has 0 radical (unpaired) electrons. The van der Waals surface area contributed by atoms with E-state index in [1.165, 1.54) is 4.91 Å². The molecule has 0 aromatic carbocycles. The first-order valence-electron chi connectivity index (χ1n) is 2.17. The van der Waals surface area contributed by atoms with Gasteiger partial charge in [-0.15, -0.1) is 0 Å². The third-order valence-electron chi connectivity index (χ3n) is 0.514. The molecule has 0 spiro atoms. The molecule has 7 heteroatoms. The van der Waals surface area contributed by atoms with E-state index in [1.807, 2.05) is 0 Å². The fourth-order valence-electron chi connectivity index (χ4n) is 0.0781. The molecule has 3 N–H and O–H groups in total. The minimum Gasteiger partial charge on any atom is -0.480 e. The third-order valence-corrected chi connectivity index (χ3v) is 0.907. The minimum absolute atomic E-state index is 0.190. The monoisotopic (exact) mass is 163 g/mol. The Bertz CT molecular complexity index is 132. The standard InChI is InChI=1S/C3H7NO2S.N3/c4-2(1-7)3(5)6;1-3-2/h2,7H,1,4H2,(H,5,6);/q;-1. The number of hydrogen-bond acceptors (Lipinski definition) is 3. The Labute approximate surface area is 62.8 Å². The number of rotatable bonds is 2. The Morgan fingerprint density at radius 1 is 1.80 bits per heavy atom. The first-order chi connectivity index (χ1) is 4.59. The Hall–Kier alpha value is -0.910. The maximum absolute atomic E-state index is 9.76. The van der Waals surface area contributed by atoms with E-state index in [1.54, 1.807) is 0 Å². The predicted molar refractivity (Wildman–Crippen MR) is 39.5 cm³/mol. The second-order valence-corrected chi connectivity index (χ2v) is 1.58. The van der Waals surface area contributed by atoms with Crippen molar-refractivity contribution in [2.24, 2.45) is 5.73 Å². The van der Waals surface area contributed by atoms with Gasteiger partial charge in [0.25, 0.3) is 0 Å². The van der Waals surface area contributed by atoms with Crippen molar-refractivity contribution in [1.82, 2.24) is 0 Å². The molecule has 58 valence electrons. The molecule has 0 aliphatic rings. The average molecular weight is 163 g/mol. The normalized spacial score (nSPS) is 10.2. The summed E-state index contributed by atoms with van der Waals surface area (Å²) in [5.41, 5.74) is 18.4. The second-order valence-electron chi connectivity index (χ2n) is 1.22. The van der Waals surface area contributed by atoms with E-state index in [0.29, 0.717) is 0 Å². The molecule has 0 saturated carbocycles. The number of hydrogen-bond donors (Lipinski definition) is 3. The number of carboxylic acid groups (broad SMARTS) is 1. The molecule has 0 heterocycles. The van der Waals surface area contributed by atoms with Gasteiger partial charge in [0.2, 0.25) is 0 Å². The van der Waals surface area contributed by atoms with Crippen molar-refractivity contribution in [3.05, 3.63) is 16.0 Å². The predicted octanol–water partition coefficient (Wildman–Crippen LogP) is 0.194. The number of aliphatic carboxylic acids is 1. The topological polar surface area (TPSA) is 122 Å². The largest absolute Gasteiger partial charge is 0.480 e. The third kappa shape index (κ3) is 10.1. The molecule has 0 aliphatic heterocycles. The lowest BCUT2D eigenvalue weighted by molar-refractivity contribution is -0.137. The van der Waals surface area contributed by atoms with Crippen molar-refractivity contribution in [3.63, 3.8) is 0 Å². The minimum atomic E-state index is -1.00. The molecule has 6 nitrogen and oxygen atoms in total. The van der Waals surface area contributed by atoms with Crippen LogP contribution in [-0.2, 0) is 4.79 Å². The molecular formula is C3H7N4O2S-. The molecule has 0 aliphatic carbocycles. The van der Waals surface area contributed by atoms with Gasteiger partial charge in [-0.1, -0.05) is 0 Å². The number of thiol groups is 1. The Morgan fingerprint density at radius 3 is 2.10 bits per heavy atom. The number of nitrogens with two attached hydrogens (primary N) is 1. The van der Waals surface area contributed by atoms with Gasteiger partial charge in [-0.2, -0.15) is 12.6 Å². The van der Waals surface area contributed by atoms with Crippen LogP contribution in [0.1, 0.15) is 0 Å². The molecule has 0 fully saturated rings. The van der Waals surface area contributed by atoms with E-state index < -0.39 is 12.0 Å². The van der Waals surface area contributed by atoms with E-state index >= 15 is 0 Å². The summed E-state index contributed by atoms with van der Waals surface area (Å²) in [7, 11) is 0. The summed E-state index contributed by atoms with van der Waals surface area (Å²) in [5, 5.41) is 8.01. The lowest BCUT2D eigenvalue weighted by atomic mass is 10.4. The fraction of sp³-hybridized carbons (Fsp3) is 0.667. The summed E-state index contributed by atoms with van der Waals surface area (Å²) in [5.74, 6) is -0.815. The highest BCUT2D eigenvalue weighted by atomic mass is 32.1. The van der Waals surface area contributed by atoms with Gasteiger partial charge in [0, 0.05) is 5.75 Å². The molecule has 0 rings (SSSR count).